The van der Waals surface area contributed by atoms with Gasteiger partial charge in [-0.15, -0.1) is 0 Å². The first-order valence-electron chi connectivity index (χ1n) is 17.9. The monoisotopic (exact) mass is 660 g/mol. The SMILES string of the molecule is c1ccc(N(c2cccc(N(c3ccccc3)c3cc4ccc5cccc6ccc(c3)c4c56)c2)c2cc3ccc4cccc5ccc(c2)c3c45)cc1. The van der Waals surface area contributed by atoms with Gasteiger partial charge in [-0.05, 0) is 131 Å². The fraction of sp³-hybridized carbons (Fsp3) is 0. The second kappa shape index (κ2) is 11.3. The summed E-state index contributed by atoms with van der Waals surface area (Å²) in [5.74, 6) is 0. The lowest BCUT2D eigenvalue weighted by molar-refractivity contribution is 1.26. The Morgan fingerprint density at radius 2 is 0.481 bits per heavy atom. The van der Waals surface area contributed by atoms with Crippen molar-refractivity contribution >= 4 is 98.8 Å². The number of hydrogen-bond donors (Lipinski definition) is 0. The molecule has 11 aromatic carbocycles. The van der Waals surface area contributed by atoms with Crippen LogP contribution in [0.5, 0.6) is 0 Å². The van der Waals surface area contributed by atoms with E-state index in [0.29, 0.717) is 0 Å². The summed E-state index contributed by atoms with van der Waals surface area (Å²) in [7, 11) is 0. The molecule has 0 aromatic heterocycles. The van der Waals surface area contributed by atoms with E-state index in [1.54, 1.807) is 0 Å². The third-order valence-electron chi connectivity index (χ3n) is 10.8. The minimum absolute atomic E-state index is 1.09. The third kappa shape index (κ3) is 4.44. The molecule has 0 N–H and O–H groups in total. The Hall–Kier alpha value is -6.90. The number of nitrogens with zero attached hydrogens (tertiary/aromatic N) is 2. The van der Waals surface area contributed by atoms with Crippen molar-refractivity contribution in [2.24, 2.45) is 0 Å². The van der Waals surface area contributed by atoms with Crippen molar-refractivity contribution in [3.8, 4) is 0 Å². The molecule has 0 fully saturated rings. The lowest BCUT2D eigenvalue weighted by Crippen LogP contribution is -2.13. The molecule has 2 heteroatoms. The van der Waals surface area contributed by atoms with Crippen molar-refractivity contribution in [2.75, 3.05) is 9.80 Å². The summed E-state index contributed by atoms with van der Waals surface area (Å²) in [5, 5.41) is 15.4. The van der Waals surface area contributed by atoms with Crippen LogP contribution >= 0.6 is 0 Å². The largest absolute Gasteiger partial charge is 0.310 e. The highest BCUT2D eigenvalue weighted by atomic mass is 15.2. The van der Waals surface area contributed by atoms with Crippen molar-refractivity contribution in [2.45, 2.75) is 0 Å². The van der Waals surface area contributed by atoms with E-state index < -0.39 is 0 Å². The average molecular weight is 661 g/mol. The maximum absolute atomic E-state index is 2.39. The Morgan fingerprint density at radius 3 is 0.846 bits per heavy atom. The number of benzene rings is 11. The summed E-state index contributed by atoms with van der Waals surface area (Å²) in [6, 6.07) is 71.1. The van der Waals surface area contributed by atoms with Gasteiger partial charge in [0.1, 0.15) is 0 Å². The van der Waals surface area contributed by atoms with Gasteiger partial charge in [-0.25, -0.2) is 0 Å². The van der Waals surface area contributed by atoms with E-state index in [-0.39, 0.29) is 0 Å². The summed E-state index contributed by atoms with van der Waals surface area (Å²) in [5.41, 5.74) is 6.67. The normalized spacial score (nSPS) is 11.8. The van der Waals surface area contributed by atoms with Crippen LogP contribution in [0.1, 0.15) is 0 Å². The molecule has 0 amide bonds. The van der Waals surface area contributed by atoms with Crippen LogP contribution < -0.4 is 9.80 Å². The zero-order valence-electron chi connectivity index (χ0n) is 28.4. The van der Waals surface area contributed by atoms with E-state index >= 15 is 0 Å². The Kier molecular flexibility index (Phi) is 6.28. The zero-order valence-corrected chi connectivity index (χ0v) is 28.4. The van der Waals surface area contributed by atoms with Gasteiger partial charge in [0.2, 0.25) is 0 Å². The maximum atomic E-state index is 2.39. The van der Waals surface area contributed by atoms with Gasteiger partial charge in [0.15, 0.2) is 0 Å². The smallest absolute Gasteiger partial charge is 0.0482 e. The van der Waals surface area contributed by atoms with Gasteiger partial charge >= 0.3 is 0 Å². The Morgan fingerprint density at radius 1 is 0.192 bits per heavy atom. The van der Waals surface area contributed by atoms with E-state index in [0.717, 1.165) is 34.1 Å². The van der Waals surface area contributed by atoms with Crippen LogP contribution in [-0.4, -0.2) is 0 Å². The van der Waals surface area contributed by atoms with Crippen LogP contribution in [0.25, 0.3) is 64.6 Å². The van der Waals surface area contributed by atoms with E-state index in [1.165, 1.54) is 64.6 Å². The molecule has 0 aliphatic rings. The standard InChI is InChI=1S/C50H32N2/c1-3-14-41(15-4-1)51(45-28-37-24-20-33-10-7-11-34-21-25-38(29-45)49(37)47(33)34)43-18-9-19-44(32-43)52(42-16-5-2-6-17-42)46-30-39-26-22-35-12-8-13-36-23-27-40(31-46)50(39)48(35)36/h1-32H. The average Bonchev–Trinajstić information content (AvgIpc) is 3.20. The van der Waals surface area contributed by atoms with Crippen molar-refractivity contribution in [3.05, 3.63) is 194 Å². The second-order valence-corrected chi connectivity index (χ2v) is 13.8. The maximum Gasteiger partial charge on any atom is 0.0482 e. The van der Waals surface area contributed by atoms with Crippen LogP contribution in [-0.2, 0) is 0 Å². The van der Waals surface area contributed by atoms with Crippen LogP contribution in [0.15, 0.2) is 194 Å². The van der Waals surface area contributed by atoms with Gasteiger partial charge in [-0.2, -0.15) is 0 Å². The molecular formula is C50H32N2. The summed E-state index contributed by atoms with van der Waals surface area (Å²) in [6.07, 6.45) is 0. The van der Waals surface area contributed by atoms with Crippen molar-refractivity contribution in [1.82, 2.24) is 0 Å². The highest BCUT2D eigenvalue weighted by Gasteiger charge is 2.20. The molecule has 0 spiro atoms. The van der Waals surface area contributed by atoms with Crippen molar-refractivity contribution < 1.29 is 0 Å². The second-order valence-electron chi connectivity index (χ2n) is 13.8. The highest BCUT2D eigenvalue weighted by Crippen LogP contribution is 2.45. The van der Waals surface area contributed by atoms with Crippen molar-refractivity contribution in [1.29, 1.82) is 0 Å². The number of rotatable bonds is 6. The van der Waals surface area contributed by atoms with E-state index in [1.807, 2.05) is 0 Å². The molecule has 0 aliphatic carbocycles. The van der Waals surface area contributed by atoms with E-state index in [9.17, 15) is 0 Å². The van der Waals surface area contributed by atoms with E-state index in [2.05, 4.69) is 204 Å². The van der Waals surface area contributed by atoms with Crippen molar-refractivity contribution in [3.63, 3.8) is 0 Å². The number of para-hydroxylation sites is 2. The first kappa shape index (κ1) is 28.9. The third-order valence-corrected chi connectivity index (χ3v) is 10.8. The van der Waals surface area contributed by atoms with Crippen LogP contribution in [0, 0.1) is 0 Å². The van der Waals surface area contributed by atoms with Crippen LogP contribution in [0.2, 0.25) is 0 Å². The molecule has 0 aliphatic heterocycles. The molecule has 0 atom stereocenters. The molecule has 242 valence electrons. The van der Waals surface area contributed by atoms with Crippen LogP contribution in [0.3, 0.4) is 0 Å². The van der Waals surface area contributed by atoms with Gasteiger partial charge in [-0.1, -0.05) is 127 Å². The van der Waals surface area contributed by atoms with Gasteiger partial charge in [0, 0.05) is 34.1 Å². The predicted molar refractivity (Wildman–Crippen MR) is 223 cm³/mol. The summed E-state index contributed by atoms with van der Waals surface area (Å²) < 4.78 is 0. The molecule has 0 bridgehead atoms. The molecule has 52 heavy (non-hydrogen) atoms. The number of hydrogen-bond acceptors (Lipinski definition) is 2. The number of anilines is 6. The Bertz CT molecular complexity index is 2740. The first-order chi connectivity index (χ1) is 25.8. The topological polar surface area (TPSA) is 6.48 Å². The molecule has 0 saturated heterocycles. The molecule has 0 radical (unpaired) electrons. The molecule has 0 unspecified atom stereocenters. The fourth-order valence-corrected chi connectivity index (χ4v) is 8.55. The Labute approximate surface area is 301 Å². The summed E-state index contributed by atoms with van der Waals surface area (Å²) >= 11 is 0. The molecule has 0 heterocycles. The summed E-state index contributed by atoms with van der Waals surface area (Å²) in [6.45, 7) is 0. The molecule has 11 aromatic rings. The molecule has 2 nitrogen and oxygen atoms in total. The van der Waals surface area contributed by atoms with Gasteiger partial charge in [0.05, 0.1) is 0 Å². The first-order valence-corrected chi connectivity index (χ1v) is 17.9. The molecule has 0 saturated carbocycles. The zero-order chi connectivity index (χ0) is 34.2. The minimum Gasteiger partial charge on any atom is -0.310 e. The van der Waals surface area contributed by atoms with Gasteiger partial charge in [-0.3, -0.25) is 0 Å². The molecular weight excluding hydrogens is 629 g/mol. The van der Waals surface area contributed by atoms with Gasteiger partial charge in [0.25, 0.3) is 0 Å². The lowest BCUT2D eigenvalue weighted by atomic mass is 9.93. The van der Waals surface area contributed by atoms with E-state index in [4.69, 9.17) is 0 Å². The predicted octanol–water partition coefficient (Wildman–Crippen LogP) is 14.4. The minimum atomic E-state index is 1.09. The van der Waals surface area contributed by atoms with Crippen LogP contribution in [0.4, 0.5) is 34.1 Å². The summed E-state index contributed by atoms with van der Waals surface area (Å²) in [4.78, 5) is 4.78. The highest BCUT2D eigenvalue weighted by molar-refractivity contribution is 6.25. The molecule has 11 rings (SSSR count). The quantitative estimate of drug-likeness (QED) is 0.164. The fourth-order valence-electron chi connectivity index (χ4n) is 8.55. The Balaban J connectivity index is 1.11. The lowest BCUT2D eigenvalue weighted by Gasteiger charge is -2.30. The van der Waals surface area contributed by atoms with Gasteiger partial charge < -0.3 is 9.80 Å².